The highest BCUT2D eigenvalue weighted by Crippen LogP contribution is 2.64. The Morgan fingerprint density at radius 1 is 1.44 bits per heavy atom. The highest BCUT2D eigenvalue weighted by Gasteiger charge is 2.65. The highest BCUT2D eigenvalue weighted by molar-refractivity contribution is 5.30. The van der Waals surface area contributed by atoms with Crippen LogP contribution in [0.4, 0.5) is 0 Å². The summed E-state index contributed by atoms with van der Waals surface area (Å²) in [6, 6.07) is 0. The maximum absolute atomic E-state index is 11.1. The van der Waals surface area contributed by atoms with Gasteiger partial charge in [-0.3, -0.25) is 0 Å². The van der Waals surface area contributed by atoms with E-state index in [1.54, 1.807) is 0 Å². The van der Waals surface area contributed by atoms with Crippen molar-refractivity contribution in [3.63, 3.8) is 0 Å². The highest BCUT2D eigenvalue weighted by atomic mass is 16.5. The van der Waals surface area contributed by atoms with Gasteiger partial charge in [-0.25, -0.2) is 0 Å². The number of hydrogen-bond acceptors (Lipinski definition) is 2. The smallest absolute Gasteiger partial charge is 0.0721 e. The van der Waals surface area contributed by atoms with Gasteiger partial charge in [0.05, 0.1) is 18.8 Å². The molecule has 18 heavy (non-hydrogen) atoms. The Balaban J connectivity index is 2.08. The standard InChI is InChI=1S/C16H24O2/c1-10-6-5-7-13-8-16(14(17)15(10,13)4)11(2)9-18-12(16)3/h5,7,10,12-14,17H,2,6,8-9H2,1,3-4H3/t10?,12-,13?,14?,15?,16?/m1/s1. The van der Waals surface area contributed by atoms with E-state index in [9.17, 15) is 5.11 Å². The summed E-state index contributed by atoms with van der Waals surface area (Å²) in [4.78, 5) is 0. The van der Waals surface area contributed by atoms with Crippen LogP contribution in [0.3, 0.4) is 0 Å². The zero-order valence-electron chi connectivity index (χ0n) is 11.6. The summed E-state index contributed by atoms with van der Waals surface area (Å²) in [7, 11) is 0. The number of aliphatic hydroxyl groups is 1. The lowest BCUT2D eigenvalue weighted by molar-refractivity contribution is -0.0640. The maximum atomic E-state index is 11.1. The quantitative estimate of drug-likeness (QED) is 0.668. The zero-order valence-corrected chi connectivity index (χ0v) is 11.6. The van der Waals surface area contributed by atoms with Gasteiger partial charge < -0.3 is 9.84 Å². The topological polar surface area (TPSA) is 29.5 Å². The molecule has 3 rings (SSSR count). The molecule has 1 aliphatic heterocycles. The fourth-order valence-corrected chi connectivity index (χ4v) is 4.59. The SMILES string of the molecule is C=C1CO[C@H](C)C12CC1C=CCC(C)C1(C)C2O. The van der Waals surface area contributed by atoms with Crippen molar-refractivity contribution >= 4 is 0 Å². The monoisotopic (exact) mass is 248 g/mol. The molecule has 0 aromatic heterocycles. The normalized spacial score (nSPS) is 55.2. The predicted molar refractivity (Wildman–Crippen MR) is 72.1 cm³/mol. The van der Waals surface area contributed by atoms with Gasteiger partial charge in [-0.05, 0) is 37.2 Å². The zero-order chi connectivity index (χ0) is 13.1. The maximum Gasteiger partial charge on any atom is 0.0721 e. The molecule has 0 aromatic rings. The molecule has 5 unspecified atom stereocenters. The third-order valence-corrected chi connectivity index (χ3v) is 6.24. The number of aliphatic hydroxyl groups excluding tert-OH is 1. The summed E-state index contributed by atoms with van der Waals surface area (Å²) in [6.45, 7) is 11.4. The van der Waals surface area contributed by atoms with E-state index in [4.69, 9.17) is 4.74 Å². The second-order valence-electron chi connectivity index (χ2n) is 6.74. The third kappa shape index (κ3) is 1.21. The number of ether oxygens (including phenoxy) is 1. The van der Waals surface area contributed by atoms with Crippen LogP contribution in [0.15, 0.2) is 24.3 Å². The lowest BCUT2D eigenvalue weighted by Gasteiger charge is -2.44. The van der Waals surface area contributed by atoms with E-state index < -0.39 is 0 Å². The number of fused-ring (bicyclic) bond motifs is 1. The van der Waals surface area contributed by atoms with Gasteiger partial charge in [-0.15, -0.1) is 0 Å². The Morgan fingerprint density at radius 3 is 2.72 bits per heavy atom. The van der Waals surface area contributed by atoms with Crippen LogP contribution in [0.2, 0.25) is 0 Å². The molecule has 1 spiro atoms. The molecule has 0 amide bonds. The number of rotatable bonds is 0. The molecule has 1 heterocycles. The van der Waals surface area contributed by atoms with Crippen molar-refractivity contribution in [2.45, 2.75) is 45.8 Å². The van der Waals surface area contributed by atoms with Crippen LogP contribution in [-0.2, 0) is 4.74 Å². The minimum Gasteiger partial charge on any atom is -0.392 e. The average molecular weight is 248 g/mol. The van der Waals surface area contributed by atoms with Crippen molar-refractivity contribution in [2.75, 3.05) is 6.61 Å². The Kier molecular flexibility index (Phi) is 2.56. The van der Waals surface area contributed by atoms with E-state index in [-0.39, 0.29) is 23.0 Å². The van der Waals surface area contributed by atoms with Gasteiger partial charge >= 0.3 is 0 Å². The number of allylic oxidation sites excluding steroid dienone is 2. The molecule has 2 nitrogen and oxygen atoms in total. The Labute approximate surface area is 110 Å². The summed E-state index contributed by atoms with van der Waals surface area (Å²) >= 11 is 0. The Hall–Kier alpha value is -0.600. The Bertz CT molecular complexity index is 413. The molecule has 2 fully saturated rings. The fraction of sp³-hybridized carbons (Fsp3) is 0.750. The average Bonchev–Trinajstić information content (AvgIpc) is 2.75. The van der Waals surface area contributed by atoms with Crippen LogP contribution >= 0.6 is 0 Å². The molecule has 1 N–H and O–H groups in total. The van der Waals surface area contributed by atoms with Crippen LogP contribution in [0.25, 0.3) is 0 Å². The van der Waals surface area contributed by atoms with Crippen molar-refractivity contribution in [3.8, 4) is 0 Å². The van der Waals surface area contributed by atoms with Crippen molar-refractivity contribution in [2.24, 2.45) is 22.7 Å². The molecule has 6 atom stereocenters. The van der Waals surface area contributed by atoms with Crippen LogP contribution in [0.1, 0.15) is 33.6 Å². The lowest BCUT2D eigenvalue weighted by Crippen LogP contribution is -2.47. The van der Waals surface area contributed by atoms with Gasteiger partial charge in [0.15, 0.2) is 0 Å². The van der Waals surface area contributed by atoms with Crippen molar-refractivity contribution in [3.05, 3.63) is 24.3 Å². The summed E-state index contributed by atoms with van der Waals surface area (Å²) < 4.78 is 5.78. The molecule has 0 bridgehead atoms. The van der Waals surface area contributed by atoms with Gasteiger partial charge in [-0.2, -0.15) is 0 Å². The molecule has 0 aromatic carbocycles. The molecular formula is C16H24O2. The van der Waals surface area contributed by atoms with Gasteiger partial charge in [0.2, 0.25) is 0 Å². The van der Waals surface area contributed by atoms with Crippen molar-refractivity contribution in [1.29, 1.82) is 0 Å². The minimum absolute atomic E-state index is 0.0281. The van der Waals surface area contributed by atoms with Crippen molar-refractivity contribution < 1.29 is 9.84 Å². The minimum atomic E-state index is -0.333. The first kappa shape index (κ1) is 12.4. The first-order chi connectivity index (χ1) is 8.44. The van der Waals surface area contributed by atoms with Crippen LogP contribution in [-0.4, -0.2) is 23.9 Å². The molecule has 2 heteroatoms. The lowest BCUT2D eigenvalue weighted by atomic mass is 9.63. The van der Waals surface area contributed by atoms with Gasteiger partial charge in [0.25, 0.3) is 0 Å². The van der Waals surface area contributed by atoms with E-state index in [0.29, 0.717) is 18.4 Å². The summed E-state index contributed by atoms with van der Waals surface area (Å²) in [5.74, 6) is 0.972. The second kappa shape index (κ2) is 3.71. The predicted octanol–water partition coefficient (Wildman–Crippen LogP) is 2.93. The van der Waals surface area contributed by atoms with Gasteiger partial charge in [0, 0.05) is 10.8 Å². The first-order valence-electron chi connectivity index (χ1n) is 7.08. The van der Waals surface area contributed by atoms with Crippen LogP contribution < -0.4 is 0 Å². The molecule has 100 valence electrons. The molecule has 0 radical (unpaired) electrons. The first-order valence-corrected chi connectivity index (χ1v) is 7.08. The second-order valence-corrected chi connectivity index (χ2v) is 6.74. The van der Waals surface area contributed by atoms with Crippen molar-refractivity contribution in [1.82, 2.24) is 0 Å². The largest absolute Gasteiger partial charge is 0.392 e. The summed E-state index contributed by atoms with van der Waals surface area (Å²) in [5.41, 5.74) is 0.848. The van der Waals surface area contributed by atoms with E-state index >= 15 is 0 Å². The third-order valence-electron chi connectivity index (χ3n) is 6.24. The van der Waals surface area contributed by atoms with Crippen LogP contribution in [0, 0.1) is 22.7 Å². The molecule has 3 aliphatic rings. The fourth-order valence-electron chi connectivity index (χ4n) is 4.59. The van der Waals surface area contributed by atoms with E-state index in [1.807, 2.05) is 0 Å². The summed E-state index contributed by atoms with van der Waals surface area (Å²) in [6.07, 6.45) is 6.42. The van der Waals surface area contributed by atoms with E-state index in [0.717, 1.165) is 18.4 Å². The molecule has 1 saturated heterocycles. The molecule has 2 aliphatic carbocycles. The number of hydrogen-bond donors (Lipinski definition) is 1. The van der Waals surface area contributed by atoms with Gasteiger partial charge in [-0.1, -0.05) is 32.6 Å². The van der Waals surface area contributed by atoms with E-state index in [1.165, 1.54) is 0 Å². The van der Waals surface area contributed by atoms with E-state index in [2.05, 4.69) is 39.5 Å². The molecular weight excluding hydrogens is 224 g/mol. The van der Waals surface area contributed by atoms with Gasteiger partial charge in [0.1, 0.15) is 0 Å². The Morgan fingerprint density at radius 2 is 2.17 bits per heavy atom. The molecule has 1 saturated carbocycles. The van der Waals surface area contributed by atoms with Crippen LogP contribution in [0.5, 0.6) is 0 Å². The summed E-state index contributed by atoms with van der Waals surface area (Å²) in [5, 5.41) is 11.1.